The summed E-state index contributed by atoms with van der Waals surface area (Å²) in [5.74, 6) is -1.34. The van der Waals surface area contributed by atoms with Gasteiger partial charge >= 0.3 is 6.02 Å². The number of nitrogens with one attached hydrogen (secondary N) is 1. The molecule has 0 fully saturated rings. The van der Waals surface area contributed by atoms with Crippen molar-refractivity contribution in [3.05, 3.63) is 64.6 Å². The highest BCUT2D eigenvalue weighted by Gasteiger charge is 2.23. The Hall–Kier alpha value is -2.96. The number of benzene rings is 1. The topological polar surface area (TPSA) is 74.5 Å². The van der Waals surface area contributed by atoms with E-state index in [1.807, 2.05) is 23.9 Å². The normalized spacial score (nSPS) is 13.3. The van der Waals surface area contributed by atoms with E-state index in [1.54, 1.807) is 30.3 Å². The van der Waals surface area contributed by atoms with Crippen LogP contribution >= 0.6 is 22.9 Å². The fraction of sp³-hybridized carbons (Fsp3) is 0.375. The number of imidazole rings is 1. The lowest BCUT2D eigenvalue weighted by Gasteiger charge is -2.29. The number of rotatable bonds is 5. The van der Waals surface area contributed by atoms with E-state index in [0.29, 0.717) is 48.0 Å². The van der Waals surface area contributed by atoms with Gasteiger partial charge in [0.05, 0.1) is 54.4 Å². The molecule has 11 heteroatoms. The molecule has 3 aromatic rings. The average Bonchev–Trinajstić information content (AvgIpc) is 3.23. The summed E-state index contributed by atoms with van der Waals surface area (Å²) in [5, 5.41) is 8.66. The van der Waals surface area contributed by atoms with Crippen LogP contribution in [0.5, 0.6) is 0 Å². The predicted molar refractivity (Wildman–Crippen MR) is 141 cm³/mol. The highest BCUT2D eigenvalue weighted by molar-refractivity contribution is 14.1. The van der Waals surface area contributed by atoms with Crippen LogP contribution in [0.3, 0.4) is 0 Å². The molecule has 0 unspecified atom stereocenters. The first-order chi connectivity index (χ1) is 16.8. The van der Waals surface area contributed by atoms with Gasteiger partial charge in [0.15, 0.2) is 11.5 Å². The molecule has 3 heterocycles. The van der Waals surface area contributed by atoms with E-state index in [4.69, 9.17) is 4.74 Å². The molecule has 1 aromatic carbocycles. The van der Waals surface area contributed by atoms with Gasteiger partial charge in [0, 0.05) is 12.7 Å². The van der Waals surface area contributed by atoms with Gasteiger partial charge in [0.1, 0.15) is 11.5 Å². The van der Waals surface area contributed by atoms with Crippen LogP contribution in [-0.4, -0.2) is 44.6 Å². The number of hydrogen-bond donors (Lipinski definition) is 1. The van der Waals surface area contributed by atoms with Crippen molar-refractivity contribution in [2.75, 3.05) is 25.2 Å². The van der Waals surface area contributed by atoms with Crippen LogP contribution in [0.1, 0.15) is 48.1 Å². The fourth-order valence-electron chi connectivity index (χ4n) is 3.70. The van der Waals surface area contributed by atoms with Crippen molar-refractivity contribution in [2.24, 2.45) is 5.10 Å². The first kappa shape index (κ1) is 26.6. The molecule has 1 amide bonds. The summed E-state index contributed by atoms with van der Waals surface area (Å²) in [4.78, 5) is 17.2. The molecule has 0 saturated carbocycles. The number of aryl methyl sites for hydroxylation is 2. The Morgan fingerprint density at radius 1 is 1.20 bits per heavy atom. The number of nitrogens with zero attached hydrogens (tertiary/aromatic N) is 5. The summed E-state index contributed by atoms with van der Waals surface area (Å²) in [6.45, 7) is 8.85. The summed E-state index contributed by atoms with van der Waals surface area (Å²) in [6, 6.07) is 6.50. The third-order valence-corrected chi connectivity index (χ3v) is 6.18. The highest BCUT2D eigenvalue weighted by Crippen LogP contribution is 2.24. The highest BCUT2D eigenvalue weighted by atomic mass is 127. The zero-order valence-electron chi connectivity index (χ0n) is 20.4. The van der Waals surface area contributed by atoms with E-state index >= 15 is 0 Å². The molecule has 4 rings (SSSR count). The minimum Gasteiger partial charge on any atom is -0.467 e. The molecule has 0 radical (unpaired) electrons. The van der Waals surface area contributed by atoms with Gasteiger partial charge in [-0.25, -0.2) is 13.8 Å². The van der Waals surface area contributed by atoms with Crippen LogP contribution in [0, 0.1) is 18.6 Å². The van der Waals surface area contributed by atoms with Crippen molar-refractivity contribution < 1.29 is 18.3 Å². The molecule has 1 aliphatic heterocycles. The van der Waals surface area contributed by atoms with Gasteiger partial charge in [-0.1, -0.05) is 26.8 Å². The lowest BCUT2D eigenvalue weighted by molar-refractivity contribution is 0.0944. The van der Waals surface area contributed by atoms with Crippen molar-refractivity contribution in [1.82, 2.24) is 17.8 Å². The van der Waals surface area contributed by atoms with Crippen LogP contribution in [0.25, 0.3) is 5.65 Å². The third-order valence-electron chi connectivity index (χ3n) is 5.28. The number of halogens is 3. The van der Waals surface area contributed by atoms with Crippen molar-refractivity contribution >= 4 is 46.1 Å². The van der Waals surface area contributed by atoms with Crippen LogP contribution in [0.2, 0.25) is 0 Å². The number of amidine groups is 1. The maximum absolute atomic E-state index is 14.8. The van der Waals surface area contributed by atoms with Crippen LogP contribution in [0.15, 0.2) is 35.6 Å². The molecule has 1 N–H and O–H groups in total. The zero-order chi connectivity index (χ0) is 25.7. The zero-order valence-corrected chi connectivity index (χ0v) is 22.6. The van der Waals surface area contributed by atoms with E-state index in [2.05, 4.69) is 38.3 Å². The smallest absolute Gasteiger partial charge is 0.318 e. The molecule has 188 valence electrons. The first-order valence-electron chi connectivity index (χ1n) is 11.4. The maximum atomic E-state index is 14.8. The SMILES string of the molecule is CC.CCc1nc2c(F)cc(C)cn2c1C(=O)NCc1ccc(N2CCN(I)C(OC)=N2)c(F)c1. The van der Waals surface area contributed by atoms with Gasteiger partial charge in [-0.15, -0.1) is 5.10 Å². The second kappa shape index (κ2) is 11.6. The number of hydrogen-bond acceptors (Lipinski definition) is 6. The van der Waals surface area contributed by atoms with Gasteiger partial charge in [0.25, 0.3) is 5.91 Å². The molecule has 0 spiro atoms. The summed E-state index contributed by atoms with van der Waals surface area (Å²) < 4.78 is 37.7. The standard InChI is InChI=1S/C22H23F2IN6O2.C2H6/c1-4-17-19(29-12-13(2)9-16(24)20(29)27-17)21(32)26-11-14-5-6-18(15(23)10-14)31-8-7-30(25)22(28-31)33-3;1-2/h5-6,9-10,12H,4,7-8,11H2,1-3H3,(H,26,32);1-2H3. The quantitative estimate of drug-likeness (QED) is 0.337. The lowest BCUT2D eigenvalue weighted by atomic mass is 10.1. The average molecular weight is 598 g/mol. The van der Waals surface area contributed by atoms with Gasteiger partial charge in [0.2, 0.25) is 0 Å². The van der Waals surface area contributed by atoms with Crippen LogP contribution in [-0.2, 0) is 17.7 Å². The summed E-state index contributed by atoms with van der Waals surface area (Å²) in [7, 11) is 1.51. The first-order valence-corrected chi connectivity index (χ1v) is 12.4. The Bertz CT molecular complexity index is 1250. The van der Waals surface area contributed by atoms with Crippen molar-refractivity contribution in [2.45, 2.75) is 40.7 Å². The minimum absolute atomic E-state index is 0.106. The van der Waals surface area contributed by atoms with E-state index < -0.39 is 17.5 Å². The minimum atomic E-state index is -0.482. The molecule has 0 saturated heterocycles. The van der Waals surface area contributed by atoms with E-state index in [-0.39, 0.29) is 17.9 Å². The molecule has 1 aliphatic rings. The number of ether oxygens (including phenoxy) is 1. The van der Waals surface area contributed by atoms with Crippen LogP contribution in [0.4, 0.5) is 14.5 Å². The largest absolute Gasteiger partial charge is 0.467 e. The number of amides is 1. The summed E-state index contributed by atoms with van der Waals surface area (Å²) in [5.41, 5.74) is 2.48. The Kier molecular flexibility index (Phi) is 8.87. The number of fused-ring (bicyclic) bond motifs is 1. The monoisotopic (exact) mass is 598 g/mol. The van der Waals surface area contributed by atoms with E-state index in [9.17, 15) is 13.6 Å². The van der Waals surface area contributed by atoms with Crippen molar-refractivity contribution in [1.29, 1.82) is 0 Å². The molecule has 0 aliphatic carbocycles. The molecular formula is C24H29F2IN6O2. The summed E-state index contributed by atoms with van der Waals surface area (Å²) >= 11 is 2.09. The maximum Gasteiger partial charge on any atom is 0.318 e. The summed E-state index contributed by atoms with van der Waals surface area (Å²) in [6.07, 6.45) is 2.15. The molecule has 2 aromatic heterocycles. The van der Waals surface area contributed by atoms with Crippen molar-refractivity contribution in [3.8, 4) is 0 Å². The third kappa shape index (κ3) is 5.65. The molecule has 35 heavy (non-hydrogen) atoms. The second-order valence-electron chi connectivity index (χ2n) is 7.58. The lowest BCUT2D eigenvalue weighted by Crippen LogP contribution is -2.39. The Morgan fingerprint density at radius 3 is 2.60 bits per heavy atom. The van der Waals surface area contributed by atoms with Gasteiger partial charge in [-0.05, 0) is 42.7 Å². The number of pyridine rings is 1. The number of aromatic nitrogens is 2. The molecule has 0 atom stereocenters. The number of carbonyl (C=O) groups excluding carboxylic acids is 1. The number of methoxy groups -OCH3 is 1. The van der Waals surface area contributed by atoms with E-state index in [1.165, 1.54) is 23.6 Å². The second-order valence-corrected chi connectivity index (χ2v) is 8.75. The molecule has 8 nitrogen and oxygen atoms in total. The Morgan fingerprint density at radius 2 is 1.94 bits per heavy atom. The van der Waals surface area contributed by atoms with Gasteiger partial charge in [-0.2, -0.15) is 0 Å². The van der Waals surface area contributed by atoms with Crippen LogP contribution < -0.4 is 10.3 Å². The number of anilines is 1. The number of carbonyl (C=O) groups is 1. The van der Waals surface area contributed by atoms with Gasteiger partial charge < -0.3 is 10.1 Å². The van der Waals surface area contributed by atoms with E-state index in [0.717, 1.165) is 0 Å². The van der Waals surface area contributed by atoms with Gasteiger partial charge in [-0.3, -0.25) is 17.3 Å². The Labute approximate surface area is 217 Å². The number of hydrazone groups is 1. The molecule has 0 bridgehead atoms. The fourth-order valence-corrected chi connectivity index (χ4v) is 4.21. The Balaban J connectivity index is 0.00000167. The molecular weight excluding hydrogens is 569 g/mol. The van der Waals surface area contributed by atoms with Crippen molar-refractivity contribution in [3.63, 3.8) is 0 Å². The predicted octanol–water partition coefficient (Wildman–Crippen LogP) is 4.83.